The fourth-order valence-electron chi connectivity index (χ4n) is 5.31. The van der Waals surface area contributed by atoms with E-state index in [0.717, 1.165) is 27.8 Å². The maximum atomic E-state index is 14.2. The Kier molecular flexibility index (Phi) is 5.56. The van der Waals surface area contributed by atoms with E-state index < -0.39 is 5.41 Å². The van der Waals surface area contributed by atoms with Crippen LogP contribution in [-0.2, 0) is 23.1 Å². The summed E-state index contributed by atoms with van der Waals surface area (Å²) in [7, 11) is 0. The third-order valence-corrected chi connectivity index (χ3v) is 7.17. The summed E-state index contributed by atoms with van der Waals surface area (Å²) >= 11 is 0. The largest absolute Gasteiger partial charge is 0.493 e. The zero-order valence-corrected chi connectivity index (χ0v) is 20.5. The van der Waals surface area contributed by atoms with Crippen LogP contribution in [0.3, 0.4) is 0 Å². The van der Waals surface area contributed by atoms with Crippen molar-refractivity contribution in [3.05, 3.63) is 95.6 Å². The van der Waals surface area contributed by atoms with Crippen molar-refractivity contribution < 1.29 is 19.0 Å². The summed E-state index contributed by atoms with van der Waals surface area (Å²) in [5.74, 6) is 2.63. The number of amides is 1. The van der Waals surface area contributed by atoms with Gasteiger partial charge in [0.1, 0.15) is 5.75 Å². The van der Waals surface area contributed by atoms with Crippen molar-refractivity contribution in [2.45, 2.75) is 32.1 Å². The highest BCUT2D eigenvalue weighted by Crippen LogP contribution is 2.45. The second-order valence-electron chi connectivity index (χ2n) is 10.1. The van der Waals surface area contributed by atoms with Crippen LogP contribution in [0.5, 0.6) is 17.2 Å². The highest BCUT2D eigenvalue weighted by molar-refractivity contribution is 6.08. The van der Waals surface area contributed by atoms with Crippen molar-refractivity contribution in [1.82, 2.24) is 0 Å². The Hall–Kier alpha value is -3.99. The van der Waals surface area contributed by atoms with Gasteiger partial charge in [-0.25, -0.2) is 0 Å². The molecule has 0 saturated carbocycles. The van der Waals surface area contributed by atoms with Crippen LogP contribution in [0.1, 0.15) is 30.5 Å². The molecule has 182 valence electrons. The van der Waals surface area contributed by atoms with E-state index in [-0.39, 0.29) is 12.7 Å². The molecule has 6 rings (SSSR count). The molecule has 0 aromatic heterocycles. The van der Waals surface area contributed by atoms with Crippen molar-refractivity contribution in [2.75, 3.05) is 18.7 Å². The Labute approximate surface area is 211 Å². The van der Waals surface area contributed by atoms with Crippen molar-refractivity contribution in [3.8, 4) is 17.2 Å². The molecule has 2 aliphatic rings. The number of carbonyl (C=O) groups is 1. The van der Waals surface area contributed by atoms with E-state index in [1.807, 2.05) is 66.7 Å². The molecule has 0 bridgehead atoms. The predicted molar refractivity (Wildman–Crippen MR) is 141 cm³/mol. The van der Waals surface area contributed by atoms with Gasteiger partial charge in [0.2, 0.25) is 12.7 Å². The second kappa shape index (κ2) is 8.90. The molecule has 1 heterocycles. The fraction of sp³-hybridized carbons (Fsp3) is 0.258. The molecule has 0 fully saturated rings. The van der Waals surface area contributed by atoms with Crippen molar-refractivity contribution >= 4 is 22.4 Å². The molecule has 0 radical (unpaired) electrons. The Morgan fingerprint density at radius 3 is 2.33 bits per heavy atom. The molecule has 0 unspecified atom stereocenters. The average Bonchev–Trinajstić information content (AvgIpc) is 3.53. The Morgan fingerprint density at radius 1 is 0.889 bits per heavy atom. The SMILES string of the molecule is CC(C)COc1ccc(NC(=O)C2(c3ccc4c(c3)OCO4)Cc3ccccc3C2)c2ccccc12. The molecule has 0 saturated heterocycles. The van der Waals surface area contributed by atoms with E-state index in [0.29, 0.717) is 36.9 Å². The molecule has 4 aromatic rings. The summed E-state index contributed by atoms with van der Waals surface area (Å²) in [4.78, 5) is 14.2. The topological polar surface area (TPSA) is 56.8 Å². The predicted octanol–water partition coefficient (Wildman–Crippen LogP) is 6.28. The Bertz CT molecular complexity index is 1430. The molecule has 1 N–H and O–H groups in total. The molecule has 5 nitrogen and oxygen atoms in total. The monoisotopic (exact) mass is 479 g/mol. The lowest BCUT2D eigenvalue weighted by molar-refractivity contribution is -0.121. The van der Waals surface area contributed by atoms with Crippen LogP contribution in [0.25, 0.3) is 10.8 Å². The lowest BCUT2D eigenvalue weighted by Crippen LogP contribution is -2.41. The van der Waals surface area contributed by atoms with Crippen LogP contribution >= 0.6 is 0 Å². The van der Waals surface area contributed by atoms with E-state index in [1.54, 1.807) is 0 Å². The summed E-state index contributed by atoms with van der Waals surface area (Å²) in [5.41, 5.74) is 3.36. The second-order valence-corrected chi connectivity index (χ2v) is 10.1. The summed E-state index contributed by atoms with van der Waals surface area (Å²) in [6.45, 7) is 5.11. The van der Waals surface area contributed by atoms with Gasteiger partial charge in [0.15, 0.2) is 11.5 Å². The normalized spacial score (nSPS) is 15.2. The first-order chi connectivity index (χ1) is 17.5. The number of anilines is 1. The summed E-state index contributed by atoms with van der Waals surface area (Å²) in [6, 6.07) is 26.2. The molecule has 1 amide bonds. The first kappa shape index (κ1) is 22.5. The Balaban J connectivity index is 1.39. The van der Waals surface area contributed by atoms with Crippen LogP contribution in [0.15, 0.2) is 78.9 Å². The summed E-state index contributed by atoms with van der Waals surface area (Å²) in [5, 5.41) is 5.24. The minimum absolute atomic E-state index is 0.0291. The minimum atomic E-state index is -0.751. The standard InChI is InChI=1S/C31H29NO4/c1-20(2)18-34-27-14-12-26(24-9-5-6-10-25(24)27)32-30(33)31(16-21-7-3-4-8-22(21)17-31)23-11-13-28-29(15-23)36-19-35-28/h3-15,20H,16-19H2,1-2H3,(H,32,33). The zero-order chi connectivity index (χ0) is 24.7. The Morgan fingerprint density at radius 2 is 1.58 bits per heavy atom. The number of rotatable bonds is 6. The van der Waals surface area contributed by atoms with Crippen LogP contribution in [-0.4, -0.2) is 19.3 Å². The summed E-state index contributed by atoms with van der Waals surface area (Å²) < 4.78 is 17.3. The molecule has 36 heavy (non-hydrogen) atoms. The van der Waals surface area contributed by atoms with Crippen molar-refractivity contribution in [2.24, 2.45) is 5.92 Å². The van der Waals surface area contributed by atoms with Gasteiger partial charge in [-0.3, -0.25) is 4.79 Å². The quantitative estimate of drug-likeness (QED) is 0.354. The molecule has 0 atom stereocenters. The van der Waals surface area contributed by atoms with E-state index in [1.165, 1.54) is 11.1 Å². The number of hydrogen-bond donors (Lipinski definition) is 1. The molecule has 1 aliphatic heterocycles. The number of hydrogen-bond acceptors (Lipinski definition) is 4. The highest BCUT2D eigenvalue weighted by Gasteiger charge is 2.46. The van der Waals surface area contributed by atoms with Gasteiger partial charge in [0.25, 0.3) is 0 Å². The third-order valence-electron chi connectivity index (χ3n) is 7.17. The number of nitrogens with one attached hydrogen (secondary N) is 1. The van der Waals surface area contributed by atoms with Gasteiger partial charge >= 0.3 is 0 Å². The minimum Gasteiger partial charge on any atom is -0.493 e. The molecule has 4 aromatic carbocycles. The van der Waals surface area contributed by atoms with Crippen LogP contribution in [0, 0.1) is 5.92 Å². The van der Waals surface area contributed by atoms with Crippen LogP contribution < -0.4 is 19.5 Å². The zero-order valence-electron chi connectivity index (χ0n) is 20.5. The third kappa shape index (κ3) is 3.85. The van der Waals surface area contributed by atoms with Gasteiger partial charge in [-0.2, -0.15) is 0 Å². The number of fused-ring (bicyclic) bond motifs is 3. The first-order valence-electron chi connectivity index (χ1n) is 12.5. The molecular formula is C31H29NO4. The lowest BCUT2D eigenvalue weighted by Gasteiger charge is -2.29. The highest BCUT2D eigenvalue weighted by atomic mass is 16.7. The van der Waals surface area contributed by atoms with Gasteiger partial charge in [-0.15, -0.1) is 0 Å². The number of benzene rings is 4. The maximum absolute atomic E-state index is 14.2. The summed E-state index contributed by atoms with van der Waals surface area (Å²) in [6.07, 6.45) is 1.25. The molecule has 0 spiro atoms. The van der Waals surface area contributed by atoms with E-state index in [2.05, 4.69) is 31.3 Å². The number of carbonyl (C=O) groups excluding carboxylic acids is 1. The fourth-order valence-corrected chi connectivity index (χ4v) is 5.31. The van der Waals surface area contributed by atoms with Crippen LogP contribution in [0.4, 0.5) is 5.69 Å². The molecular weight excluding hydrogens is 450 g/mol. The smallest absolute Gasteiger partial charge is 0.235 e. The van der Waals surface area contributed by atoms with E-state index >= 15 is 0 Å². The van der Waals surface area contributed by atoms with Gasteiger partial charge in [0.05, 0.1) is 12.0 Å². The van der Waals surface area contributed by atoms with E-state index in [4.69, 9.17) is 14.2 Å². The first-order valence-corrected chi connectivity index (χ1v) is 12.5. The maximum Gasteiger partial charge on any atom is 0.235 e. The number of ether oxygens (including phenoxy) is 3. The van der Waals surface area contributed by atoms with Crippen molar-refractivity contribution in [1.29, 1.82) is 0 Å². The van der Waals surface area contributed by atoms with Gasteiger partial charge in [-0.1, -0.05) is 68.4 Å². The molecule has 1 aliphatic carbocycles. The average molecular weight is 480 g/mol. The van der Waals surface area contributed by atoms with Crippen molar-refractivity contribution in [3.63, 3.8) is 0 Å². The lowest BCUT2D eigenvalue weighted by atomic mass is 9.76. The molecule has 5 heteroatoms. The van der Waals surface area contributed by atoms with Gasteiger partial charge in [-0.05, 0) is 59.7 Å². The van der Waals surface area contributed by atoms with Crippen LogP contribution in [0.2, 0.25) is 0 Å². The van der Waals surface area contributed by atoms with Gasteiger partial charge in [0, 0.05) is 16.5 Å². The van der Waals surface area contributed by atoms with E-state index in [9.17, 15) is 4.79 Å². The van der Waals surface area contributed by atoms with Gasteiger partial charge < -0.3 is 19.5 Å².